The summed E-state index contributed by atoms with van der Waals surface area (Å²) < 4.78 is 0. The van der Waals surface area contributed by atoms with E-state index in [9.17, 15) is 0 Å². The van der Waals surface area contributed by atoms with Gasteiger partial charge in [0.2, 0.25) is 0 Å². The Bertz CT molecular complexity index is 245. The Balaban J connectivity index is 2.79. The second-order valence-electron chi connectivity index (χ2n) is 3.08. The van der Waals surface area contributed by atoms with Gasteiger partial charge in [-0.05, 0) is 25.0 Å². The number of aromatic nitrogens is 1. The molecule has 0 bridgehead atoms. The molecule has 2 nitrogen and oxygen atoms in total. The summed E-state index contributed by atoms with van der Waals surface area (Å²) in [4.78, 5) is 6.32. The standard InChI is InChI=1S/C10H16N2/c1-4-7-12(3)10-5-6-11-8-9(10)2/h5-6,8H,4,7H2,1-3H3. The van der Waals surface area contributed by atoms with Crippen LogP contribution in [0.25, 0.3) is 0 Å². The lowest BCUT2D eigenvalue weighted by Gasteiger charge is -2.19. The number of pyridine rings is 1. The van der Waals surface area contributed by atoms with Gasteiger partial charge in [0.1, 0.15) is 0 Å². The lowest BCUT2D eigenvalue weighted by atomic mass is 10.2. The Labute approximate surface area is 74.2 Å². The Hall–Kier alpha value is -1.05. The number of rotatable bonds is 3. The molecule has 0 spiro atoms. The summed E-state index contributed by atoms with van der Waals surface area (Å²) in [6.07, 6.45) is 4.92. The zero-order valence-corrected chi connectivity index (χ0v) is 8.04. The van der Waals surface area contributed by atoms with E-state index in [-0.39, 0.29) is 0 Å². The molecule has 0 radical (unpaired) electrons. The third-order valence-corrected chi connectivity index (χ3v) is 1.96. The molecule has 0 aliphatic carbocycles. The summed E-state index contributed by atoms with van der Waals surface area (Å²) in [7, 11) is 2.12. The summed E-state index contributed by atoms with van der Waals surface area (Å²) in [5.41, 5.74) is 2.53. The molecule has 1 rings (SSSR count). The van der Waals surface area contributed by atoms with Crippen molar-refractivity contribution in [3.05, 3.63) is 24.0 Å². The van der Waals surface area contributed by atoms with Crippen LogP contribution in [-0.4, -0.2) is 18.6 Å². The van der Waals surface area contributed by atoms with Gasteiger partial charge in [0.15, 0.2) is 0 Å². The van der Waals surface area contributed by atoms with Crippen LogP contribution in [0.5, 0.6) is 0 Å². The molecular formula is C10H16N2. The van der Waals surface area contributed by atoms with E-state index < -0.39 is 0 Å². The Kier molecular flexibility index (Phi) is 3.09. The highest BCUT2D eigenvalue weighted by Crippen LogP contribution is 2.16. The molecule has 12 heavy (non-hydrogen) atoms. The summed E-state index contributed by atoms with van der Waals surface area (Å²) in [6, 6.07) is 2.06. The molecule has 1 heterocycles. The van der Waals surface area contributed by atoms with Crippen molar-refractivity contribution in [3.63, 3.8) is 0 Å². The first kappa shape index (κ1) is 9.04. The summed E-state index contributed by atoms with van der Waals surface area (Å²) in [5.74, 6) is 0. The van der Waals surface area contributed by atoms with Crippen molar-refractivity contribution in [3.8, 4) is 0 Å². The van der Waals surface area contributed by atoms with Gasteiger partial charge in [-0.1, -0.05) is 6.92 Å². The van der Waals surface area contributed by atoms with Gasteiger partial charge >= 0.3 is 0 Å². The number of nitrogens with zero attached hydrogens (tertiary/aromatic N) is 2. The zero-order valence-electron chi connectivity index (χ0n) is 8.04. The molecule has 0 atom stereocenters. The van der Waals surface area contributed by atoms with E-state index in [0.717, 1.165) is 6.54 Å². The molecule has 0 N–H and O–H groups in total. The molecular weight excluding hydrogens is 148 g/mol. The summed E-state index contributed by atoms with van der Waals surface area (Å²) in [6.45, 7) is 5.38. The van der Waals surface area contributed by atoms with Crippen LogP contribution in [-0.2, 0) is 0 Å². The average Bonchev–Trinajstić information content (AvgIpc) is 2.05. The summed E-state index contributed by atoms with van der Waals surface area (Å²) >= 11 is 0. The van der Waals surface area contributed by atoms with Crippen LogP contribution in [0, 0.1) is 6.92 Å². The van der Waals surface area contributed by atoms with Crippen LogP contribution in [0.3, 0.4) is 0 Å². The van der Waals surface area contributed by atoms with Gasteiger partial charge in [-0.2, -0.15) is 0 Å². The first-order valence-corrected chi connectivity index (χ1v) is 4.37. The zero-order chi connectivity index (χ0) is 8.97. The van der Waals surface area contributed by atoms with Crippen LogP contribution >= 0.6 is 0 Å². The van der Waals surface area contributed by atoms with E-state index in [1.165, 1.54) is 17.7 Å². The van der Waals surface area contributed by atoms with Gasteiger partial charge < -0.3 is 4.90 Å². The highest BCUT2D eigenvalue weighted by Gasteiger charge is 2.01. The van der Waals surface area contributed by atoms with Gasteiger partial charge in [-0.15, -0.1) is 0 Å². The van der Waals surface area contributed by atoms with Gasteiger partial charge in [0.05, 0.1) is 0 Å². The molecule has 0 fully saturated rings. The fourth-order valence-corrected chi connectivity index (χ4v) is 1.35. The van der Waals surface area contributed by atoms with Crippen molar-refractivity contribution in [2.24, 2.45) is 0 Å². The van der Waals surface area contributed by atoms with Crippen LogP contribution < -0.4 is 4.90 Å². The third kappa shape index (κ3) is 1.97. The lowest BCUT2D eigenvalue weighted by molar-refractivity contribution is 0.847. The fraction of sp³-hybridized carbons (Fsp3) is 0.500. The number of hydrogen-bond donors (Lipinski definition) is 0. The molecule has 1 aromatic rings. The van der Waals surface area contributed by atoms with E-state index in [0.29, 0.717) is 0 Å². The van der Waals surface area contributed by atoms with Gasteiger partial charge in [0.25, 0.3) is 0 Å². The summed E-state index contributed by atoms with van der Waals surface area (Å²) in [5, 5.41) is 0. The molecule has 0 amide bonds. The average molecular weight is 164 g/mol. The van der Waals surface area contributed by atoms with Gasteiger partial charge in [-0.25, -0.2) is 0 Å². The topological polar surface area (TPSA) is 16.1 Å². The maximum Gasteiger partial charge on any atom is 0.0424 e. The van der Waals surface area contributed by atoms with Gasteiger partial charge in [0, 0.05) is 31.7 Å². The molecule has 1 aromatic heterocycles. The first-order chi connectivity index (χ1) is 5.75. The number of hydrogen-bond acceptors (Lipinski definition) is 2. The second-order valence-corrected chi connectivity index (χ2v) is 3.08. The Morgan fingerprint density at radius 3 is 2.83 bits per heavy atom. The highest BCUT2D eigenvalue weighted by atomic mass is 15.1. The predicted octanol–water partition coefficient (Wildman–Crippen LogP) is 2.24. The van der Waals surface area contributed by atoms with Gasteiger partial charge in [-0.3, -0.25) is 4.98 Å². The van der Waals surface area contributed by atoms with Crippen LogP contribution in [0.1, 0.15) is 18.9 Å². The SMILES string of the molecule is CCCN(C)c1ccncc1C. The molecule has 0 saturated carbocycles. The molecule has 0 aliphatic rings. The highest BCUT2D eigenvalue weighted by molar-refractivity contribution is 5.50. The monoisotopic (exact) mass is 164 g/mol. The minimum absolute atomic E-state index is 1.10. The Morgan fingerprint density at radius 2 is 2.25 bits per heavy atom. The predicted molar refractivity (Wildman–Crippen MR) is 52.5 cm³/mol. The van der Waals surface area contributed by atoms with Crippen molar-refractivity contribution in [2.45, 2.75) is 20.3 Å². The number of anilines is 1. The molecule has 66 valence electrons. The fourth-order valence-electron chi connectivity index (χ4n) is 1.35. The van der Waals surface area contributed by atoms with Crippen molar-refractivity contribution < 1.29 is 0 Å². The molecule has 0 unspecified atom stereocenters. The van der Waals surface area contributed by atoms with E-state index in [1.807, 2.05) is 12.4 Å². The molecule has 0 aromatic carbocycles. The first-order valence-electron chi connectivity index (χ1n) is 4.37. The minimum Gasteiger partial charge on any atom is -0.374 e. The van der Waals surface area contributed by atoms with Crippen LogP contribution in [0.15, 0.2) is 18.5 Å². The van der Waals surface area contributed by atoms with Crippen molar-refractivity contribution in [2.75, 3.05) is 18.5 Å². The third-order valence-electron chi connectivity index (χ3n) is 1.96. The maximum atomic E-state index is 4.06. The molecule has 2 heteroatoms. The smallest absolute Gasteiger partial charge is 0.0424 e. The second kappa shape index (κ2) is 4.10. The van der Waals surface area contributed by atoms with Crippen LogP contribution in [0.2, 0.25) is 0 Å². The van der Waals surface area contributed by atoms with E-state index in [2.05, 4.69) is 36.8 Å². The van der Waals surface area contributed by atoms with Crippen LogP contribution in [0.4, 0.5) is 5.69 Å². The normalized spacial score (nSPS) is 9.92. The van der Waals surface area contributed by atoms with E-state index in [1.54, 1.807) is 0 Å². The van der Waals surface area contributed by atoms with E-state index in [4.69, 9.17) is 0 Å². The minimum atomic E-state index is 1.10. The van der Waals surface area contributed by atoms with Crippen molar-refractivity contribution >= 4 is 5.69 Å². The quantitative estimate of drug-likeness (QED) is 0.681. The largest absolute Gasteiger partial charge is 0.374 e. The number of aryl methyl sites for hydroxylation is 1. The van der Waals surface area contributed by atoms with E-state index >= 15 is 0 Å². The van der Waals surface area contributed by atoms with Crippen molar-refractivity contribution in [1.29, 1.82) is 0 Å². The van der Waals surface area contributed by atoms with Crippen molar-refractivity contribution in [1.82, 2.24) is 4.98 Å². The molecule has 0 saturated heterocycles. The maximum absolute atomic E-state index is 4.06. The lowest BCUT2D eigenvalue weighted by Crippen LogP contribution is -2.18. The Morgan fingerprint density at radius 1 is 1.50 bits per heavy atom. The molecule has 0 aliphatic heterocycles.